The number of nitrogens with zero attached hydrogens (tertiary/aromatic N) is 1. The molecule has 1 aliphatic carbocycles. The Morgan fingerprint density at radius 2 is 1.84 bits per heavy atom. The number of benzene rings is 1. The highest BCUT2D eigenvalue weighted by Gasteiger charge is 2.34. The van der Waals surface area contributed by atoms with Crippen molar-refractivity contribution < 1.29 is 14.3 Å². The highest BCUT2D eigenvalue weighted by Crippen LogP contribution is 2.44. The van der Waals surface area contributed by atoms with E-state index in [4.69, 9.17) is 4.74 Å². The van der Waals surface area contributed by atoms with E-state index in [2.05, 4.69) is 31.4 Å². The van der Waals surface area contributed by atoms with Gasteiger partial charge in [-0.25, -0.2) is 0 Å². The molecule has 7 heteroatoms. The van der Waals surface area contributed by atoms with Gasteiger partial charge < -0.3 is 20.3 Å². The first-order chi connectivity index (χ1) is 15.1. The fourth-order valence-corrected chi connectivity index (χ4v) is 5.44. The minimum absolute atomic E-state index is 0.115. The molecule has 0 spiro atoms. The monoisotopic (exact) mass is 457 g/mol. The van der Waals surface area contributed by atoms with Crippen LogP contribution in [0.2, 0.25) is 0 Å². The number of hydrogen-bond donors (Lipinski definition) is 2. The predicted octanol–water partition coefficient (Wildman–Crippen LogP) is 5.05. The van der Waals surface area contributed by atoms with E-state index in [1.165, 1.54) is 4.88 Å². The number of thiophene rings is 1. The molecular weight excluding hydrogens is 422 g/mol. The van der Waals surface area contributed by atoms with Gasteiger partial charge in [-0.05, 0) is 81.4 Å². The Kier molecular flexibility index (Phi) is 7.62. The zero-order valence-electron chi connectivity index (χ0n) is 20.0. The van der Waals surface area contributed by atoms with Gasteiger partial charge in [0, 0.05) is 10.6 Å². The third kappa shape index (κ3) is 5.90. The molecule has 0 fully saturated rings. The zero-order chi connectivity index (χ0) is 23.5. The summed E-state index contributed by atoms with van der Waals surface area (Å²) in [5.74, 6) is 1.03. The number of carbonyl (C=O) groups excluding carboxylic acids is 2. The van der Waals surface area contributed by atoms with Gasteiger partial charge in [0.25, 0.3) is 5.91 Å². The molecule has 32 heavy (non-hydrogen) atoms. The summed E-state index contributed by atoms with van der Waals surface area (Å²) in [4.78, 5) is 28.9. The zero-order valence-corrected chi connectivity index (χ0v) is 20.8. The van der Waals surface area contributed by atoms with Crippen molar-refractivity contribution in [2.75, 3.05) is 37.9 Å². The number of rotatable bonds is 7. The highest BCUT2D eigenvalue weighted by atomic mass is 32.1. The number of likely N-dealkylation sites (N-methyl/N-ethyl adjacent to an activating group) is 1. The van der Waals surface area contributed by atoms with E-state index in [0.717, 1.165) is 30.6 Å². The molecule has 0 bridgehead atoms. The molecule has 1 aliphatic rings. The maximum atomic E-state index is 13.4. The second-order valence-corrected chi connectivity index (χ2v) is 10.8. The van der Waals surface area contributed by atoms with Crippen LogP contribution in [0.15, 0.2) is 24.3 Å². The molecule has 1 atom stereocenters. The smallest absolute Gasteiger partial charge is 0.258 e. The summed E-state index contributed by atoms with van der Waals surface area (Å²) >= 11 is 1.55. The first-order valence-electron chi connectivity index (χ1n) is 11.2. The molecule has 2 aromatic rings. The second-order valence-electron chi connectivity index (χ2n) is 9.71. The Morgan fingerprint density at radius 1 is 1.16 bits per heavy atom. The molecule has 3 rings (SSSR count). The maximum absolute atomic E-state index is 13.4. The van der Waals surface area contributed by atoms with Gasteiger partial charge in [0.15, 0.2) is 0 Å². The molecule has 6 nitrogen and oxygen atoms in total. The quantitative estimate of drug-likeness (QED) is 0.610. The molecule has 0 saturated heterocycles. The summed E-state index contributed by atoms with van der Waals surface area (Å²) in [5, 5.41) is 6.67. The van der Waals surface area contributed by atoms with E-state index in [9.17, 15) is 9.59 Å². The molecule has 0 radical (unpaired) electrons. The normalized spacial score (nSPS) is 15.9. The average Bonchev–Trinajstić information content (AvgIpc) is 3.05. The third-order valence-electron chi connectivity index (χ3n) is 5.85. The van der Waals surface area contributed by atoms with Crippen LogP contribution in [-0.2, 0) is 17.6 Å². The summed E-state index contributed by atoms with van der Waals surface area (Å²) in [6.45, 7) is 9.62. The van der Waals surface area contributed by atoms with Crippen LogP contribution < -0.4 is 15.4 Å². The van der Waals surface area contributed by atoms with Crippen molar-refractivity contribution >= 4 is 33.8 Å². The number of hydrogen-bond acceptors (Lipinski definition) is 5. The van der Waals surface area contributed by atoms with E-state index in [0.29, 0.717) is 28.8 Å². The Hall–Kier alpha value is -2.38. The molecule has 0 saturated carbocycles. The van der Waals surface area contributed by atoms with Crippen LogP contribution in [0.25, 0.3) is 0 Å². The molecule has 2 amide bonds. The fourth-order valence-electron chi connectivity index (χ4n) is 4.10. The Balaban J connectivity index is 1.89. The van der Waals surface area contributed by atoms with Gasteiger partial charge in [-0.3, -0.25) is 9.59 Å². The summed E-state index contributed by atoms with van der Waals surface area (Å²) in [5.41, 5.74) is 2.60. The maximum Gasteiger partial charge on any atom is 0.258 e. The van der Waals surface area contributed by atoms with Gasteiger partial charge in [-0.15, -0.1) is 11.3 Å². The molecule has 0 aliphatic heterocycles. The lowest BCUT2D eigenvalue weighted by Crippen LogP contribution is -2.28. The minimum Gasteiger partial charge on any atom is -0.494 e. The van der Waals surface area contributed by atoms with Gasteiger partial charge in [0.2, 0.25) is 5.91 Å². The van der Waals surface area contributed by atoms with Crippen LogP contribution >= 0.6 is 11.3 Å². The lowest BCUT2D eigenvalue weighted by atomic mass is 9.72. The van der Waals surface area contributed by atoms with Crippen molar-refractivity contribution in [2.24, 2.45) is 11.3 Å². The molecule has 1 aromatic heterocycles. The molecule has 0 unspecified atom stereocenters. The molecule has 1 heterocycles. The third-order valence-corrected chi connectivity index (χ3v) is 7.02. The minimum atomic E-state index is -0.180. The number of amides is 2. The van der Waals surface area contributed by atoms with Crippen molar-refractivity contribution in [1.82, 2.24) is 4.90 Å². The van der Waals surface area contributed by atoms with Crippen molar-refractivity contribution in [2.45, 2.75) is 47.0 Å². The van der Waals surface area contributed by atoms with E-state index in [1.807, 2.05) is 50.2 Å². The number of ether oxygens (including phenoxy) is 1. The van der Waals surface area contributed by atoms with Gasteiger partial charge in [-0.1, -0.05) is 20.8 Å². The standard InChI is InChI=1S/C25H35N3O3S/c1-7-31-18-11-9-17(10-12-18)26-23(30)22-19-13-8-16(25(2,3)4)14-20(19)32-24(22)27-21(29)15-28(5)6/h9-12,16H,7-8,13-15H2,1-6H3,(H,26,30)(H,27,29)/t16-/m1/s1. The van der Waals surface area contributed by atoms with Gasteiger partial charge in [0.05, 0.1) is 18.7 Å². The average molecular weight is 458 g/mol. The van der Waals surface area contributed by atoms with Crippen LogP contribution in [0, 0.1) is 11.3 Å². The van der Waals surface area contributed by atoms with Crippen molar-refractivity contribution in [1.29, 1.82) is 0 Å². The first kappa shape index (κ1) is 24.3. The number of fused-ring (bicyclic) bond motifs is 1. The topological polar surface area (TPSA) is 70.7 Å². The van der Waals surface area contributed by atoms with Crippen molar-refractivity contribution in [3.05, 3.63) is 40.3 Å². The van der Waals surface area contributed by atoms with Crippen LogP contribution in [-0.4, -0.2) is 44.0 Å². The SMILES string of the molecule is CCOc1ccc(NC(=O)c2c(NC(=O)CN(C)C)sc3c2CC[C@@H](C(C)(C)C)C3)cc1. The number of carbonyl (C=O) groups is 2. The first-order valence-corrected chi connectivity index (χ1v) is 12.0. The predicted molar refractivity (Wildman–Crippen MR) is 132 cm³/mol. The largest absolute Gasteiger partial charge is 0.494 e. The Bertz CT molecular complexity index is 958. The summed E-state index contributed by atoms with van der Waals surface area (Å²) < 4.78 is 5.48. The fraction of sp³-hybridized carbons (Fsp3) is 0.520. The van der Waals surface area contributed by atoms with Crippen molar-refractivity contribution in [3.63, 3.8) is 0 Å². The molecule has 174 valence electrons. The second kappa shape index (κ2) is 10.0. The highest BCUT2D eigenvalue weighted by molar-refractivity contribution is 7.17. The van der Waals surface area contributed by atoms with Gasteiger partial charge in [-0.2, -0.15) is 0 Å². The number of anilines is 2. The van der Waals surface area contributed by atoms with E-state index in [-0.39, 0.29) is 23.8 Å². The van der Waals surface area contributed by atoms with Gasteiger partial charge in [0.1, 0.15) is 10.8 Å². The molecule has 2 N–H and O–H groups in total. The van der Waals surface area contributed by atoms with E-state index >= 15 is 0 Å². The van der Waals surface area contributed by atoms with Crippen LogP contribution in [0.3, 0.4) is 0 Å². The lowest BCUT2D eigenvalue weighted by molar-refractivity contribution is -0.116. The Morgan fingerprint density at radius 3 is 2.44 bits per heavy atom. The van der Waals surface area contributed by atoms with Crippen molar-refractivity contribution in [3.8, 4) is 5.75 Å². The summed E-state index contributed by atoms with van der Waals surface area (Å²) in [7, 11) is 3.71. The molecular formula is C25H35N3O3S. The van der Waals surface area contributed by atoms with Crippen LogP contribution in [0.5, 0.6) is 5.75 Å². The van der Waals surface area contributed by atoms with E-state index in [1.54, 1.807) is 11.3 Å². The van der Waals surface area contributed by atoms with E-state index < -0.39 is 0 Å². The number of nitrogens with one attached hydrogen (secondary N) is 2. The van der Waals surface area contributed by atoms with Gasteiger partial charge >= 0.3 is 0 Å². The summed E-state index contributed by atoms with van der Waals surface area (Å²) in [6, 6.07) is 7.36. The Labute approximate surface area is 195 Å². The van der Waals surface area contributed by atoms with Crippen LogP contribution in [0.1, 0.15) is 54.9 Å². The molecule has 1 aromatic carbocycles. The summed E-state index contributed by atoms with van der Waals surface area (Å²) in [6.07, 6.45) is 2.83. The lowest BCUT2D eigenvalue weighted by Gasteiger charge is -2.33. The van der Waals surface area contributed by atoms with Crippen LogP contribution in [0.4, 0.5) is 10.7 Å².